The first kappa shape index (κ1) is 21.6. The number of piperidine rings is 1. The lowest BCUT2D eigenvalue weighted by Crippen LogP contribution is -2.51. The van der Waals surface area contributed by atoms with Gasteiger partial charge in [0.2, 0.25) is 5.91 Å². The topological polar surface area (TPSA) is 91.3 Å². The third-order valence-corrected chi connectivity index (χ3v) is 6.28. The van der Waals surface area contributed by atoms with Crippen LogP contribution in [-0.4, -0.2) is 53.4 Å². The number of methoxy groups -OCH3 is 1. The van der Waals surface area contributed by atoms with Gasteiger partial charge in [-0.25, -0.2) is 0 Å². The third-order valence-electron chi connectivity index (χ3n) is 6.28. The molecule has 1 amide bonds. The number of fused-ring (bicyclic) bond motifs is 1. The zero-order valence-corrected chi connectivity index (χ0v) is 18.0. The number of likely N-dealkylation sites (tertiary alicyclic amines) is 1. The highest BCUT2D eigenvalue weighted by Crippen LogP contribution is 2.45. The summed E-state index contributed by atoms with van der Waals surface area (Å²) in [7, 11) is 1.61. The van der Waals surface area contributed by atoms with Crippen LogP contribution < -0.4 is 14.8 Å². The Morgan fingerprint density at radius 2 is 1.97 bits per heavy atom. The number of rotatable bonds is 5. The average Bonchev–Trinajstić information content (AvgIpc) is 2.75. The molecule has 2 heterocycles. The van der Waals surface area contributed by atoms with E-state index in [4.69, 9.17) is 9.47 Å². The minimum Gasteiger partial charge on any atom is -0.497 e. The van der Waals surface area contributed by atoms with Crippen LogP contribution in [0.3, 0.4) is 0 Å². The first-order valence-electron chi connectivity index (χ1n) is 10.7. The van der Waals surface area contributed by atoms with Crippen LogP contribution in [0, 0.1) is 0 Å². The fraction of sp³-hybridized carbons (Fsp3) is 0.458. The van der Waals surface area contributed by atoms with Gasteiger partial charge in [0.05, 0.1) is 19.3 Å². The standard InChI is InChI=1S/C24H30N2O5/c1-16(27)25-18-5-3-17(4-6-18)22(29)15-26-11-9-24(10-12-26)14-21(28)20-13-19(30-2)7-8-23(20)31-24/h3-8,13,21-22,28-29H,9-12,14-15H2,1-2H3,(H,25,27)/t21-,22-/m1/s1. The number of carbonyl (C=O) groups is 1. The van der Waals surface area contributed by atoms with Gasteiger partial charge in [0.1, 0.15) is 17.1 Å². The monoisotopic (exact) mass is 426 g/mol. The van der Waals surface area contributed by atoms with Gasteiger partial charge in [-0.2, -0.15) is 0 Å². The lowest BCUT2D eigenvalue weighted by molar-refractivity contribution is -0.114. The second-order valence-electron chi connectivity index (χ2n) is 8.53. The molecule has 1 spiro atoms. The van der Waals surface area contributed by atoms with Gasteiger partial charge in [0, 0.05) is 44.2 Å². The number of aliphatic hydroxyl groups is 2. The molecule has 0 radical (unpaired) electrons. The number of anilines is 1. The highest BCUT2D eigenvalue weighted by atomic mass is 16.5. The zero-order valence-electron chi connectivity index (χ0n) is 18.0. The van der Waals surface area contributed by atoms with E-state index in [1.165, 1.54) is 6.92 Å². The highest BCUT2D eigenvalue weighted by Gasteiger charge is 2.43. The molecule has 7 heteroatoms. The normalized spacial score (nSPS) is 21.1. The molecule has 0 aliphatic carbocycles. The van der Waals surface area contributed by atoms with Crippen LogP contribution in [0.15, 0.2) is 42.5 Å². The molecule has 3 N–H and O–H groups in total. The molecule has 2 aromatic carbocycles. The second kappa shape index (κ2) is 8.86. The van der Waals surface area contributed by atoms with E-state index in [0.29, 0.717) is 24.4 Å². The maximum atomic E-state index is 11.1. The number of β-amino-alcohol motifs (C(OH)–C–C–N with tert-alkyl or cyclic N) is 1. The van der Waals surface area contributed by atoms with Crippen molar-refractivity contribution in [3.8, 4) is 11.5 Å². The number of nitrogens with zero attached hydrogens (tertiary/aromatic N) is 1. The quantitative estimate of drug-likeness (QED) is 0.681. The SMILES string of the molecule is COc1ccc2c(c1)[C@H](O)CC1(CCN(C[C@@H](O)c3ccc(NC(C)=O)cc3)CC1)O2. The number of carbonyl (C=O) groups excluding carboxylic acids is 1. The van der Waals surface area contributed by atoms with Crippen LogP contribution in [0.2, 0.25) is 0 Å². The first-order valence-corrected chi connectivity index (χ1v) is 10.7. The lowest BCUT2D eigenvalue weighted by Gasteiger charge is -2.46. The Labute approximate surface area is 182 Å². The summed E-state index contributed by atoms with van der Waals surface area (Å²) >= 11 is 0. The number of hydrogen-bond acceptors (Lipinski definition) is 6. The minimum absolute atomic E-state index is 0.118. The molecular formula is C24H30N2O5. The van der Waals surface area contributed by atoms with E-state index < -0.39 is 12.2 Å². The molecule has 0 aromatic heterocycles. The molecule has 2 aliphatic rings. The summed E-state index contributed by atoms with van der Waals surface area (Å²) in [6.45, 7) is 3.58. The number of ether oxygens (including phenoxy) is 2. The fourth-order valence-corrected chi connectivity index (χ4v) is 4.54. The van der Waals surface area contributed by atoms with Crippen molar-refractivity contribution in [1.82, 2.24) is 4.90 Å². The molecule has 2 aromatic rings. The fourth-order valence-electron chi connectivity index (χ4n) is 4.54. The van der Waals surface area contributed by atoms with Gasteiger partial charge in [0.15, 0.2) is 0 Å². The third kappa shape index (κ3) is 4.84. The Morgan fingerprint density at radius 1 is 1.26 bits per heavy atom. The summed E-state index contributed by atoms with van der Waals surface area (Å²) in [5, 5.41) is 24.1. The van der Waals surface area contributed by atoms with Crippen LogP contribution >= 0.6 is 0 Å². The highest BCUT2D eigenvalue weighted by molar-refractivity contribution is 5.88. The molecule has 1 saturated heterocycles. The van der Waals surface area contributed by atoms with Crippen LogP contribution in [0.1, 0.15) is 49.5 Å². The molecule has 0 unspecified atom stereocenters. The summed E-state index contributed by atoms with van der Waals surface area (Å²) in [4.78, 5) is 13.4. The molecule has 4 rings (SSSR count). The van der Waals surface area contributed by atoms with Crippen molar-refractivity contribution >= 4 is 11.6 Å². The van der Waals surface area contributed by atoms with E-state index in [9.17, 15) is 15.0 Å². The van der Waals surface area contributed by atoms with Gasteiger partial charge in [-0.15, -0.1) is 0 Å². The molecule has 2 atom stereocenters. The Hall–Kier alpha value is -2.61. The predicted octanol–water partition coefficient (Wildman–Crippen LogP) is 3.04. The van der Waals surface area contributed by atoms with E-state index in [1.807, 2.05) is 30.3 Å². The van der Waals surface area contributed by atoms with E-state index >= 15 is 0 Å². The summed E-state index contributed by atoms with van der Waals surface area (Å²) < 4.78 is 11.6. The largest absolute Gasteiger partial charge is 0.497 e. The van der Waals surface area contributed by atoms with Gasteiger partial charge in [0.25, 0.3) is 0 Å². The van der Waals surface area contributed by atoms with Crippen molar-refractivity contribution in [3.63, 3.8) is 0 Å². The summed E-state index contributed by atoms with van der Waals surface area (Å²) in [5.41, 5.74) is 1.95. The molecule has 7 nitrogen and oxygen atoms in total. The first-order chi connectivity index (χ1) is 14.9. The molecule has 166 valence electrons. The molecule has 2 aliphatic heterocycles. The molecule has 0 bridgehead atoms. The number of amides is 1. The second-order valence-corrected chi connectivity index (χ2v) is 8.53. The predicted molar refractivity (Wildman–Crippen MR) is 117 cm³/mol. The number of nitrogens with one attached hydrogen (secondary N) is 1. The van der Waals surface area contributed by atoms with E-state index in [2.05, 4.69) is 10.2 Å². The smallest absolute Gasteiger partial charge is 0.221 e. The number of benzene rings is 2. The van der Waals surface area contributed by atoms with Crippen molar-refractivity contribution in [3.05, 3.63) is 53.6 Å². The van der Waals surface area contributed by atoms with Crippen LogP contribution in [0.5, 0.6) is 11.5 Å². The van der Waals surface area contributed by atoms with Crippen LogP contribution in [-0.2, 0) is 4.79 Å². The van der Waals surface area contributed by atoms with E-state index in [0.717, 1.165) is 42.8 Å². The zero-order chi connectivity index (χ0) is 22.0. The Kier molecular flexibility index (Phi) is 6.18. The van der Waals surface area contributed by atoms with Crippen LogP contribution in [0.4, 0.5) is 5.69 Å². The molecule has 0 saturated carbocycles. The van der Waals surface area contributed by atoms with E-state index in [-0.39, 0.29) is 11.5 Å². The lowest BCUT2D eigenvalue weighted by atomic mass is 9.81. The van der Waals surface area contributed by atoms with Gasteiger partial charge in [-0.3, -0.25) is 4.79 Å². The van der Waals surface area contributed by atoms with Crippen molar-refractivity contribution in [1.29, 1.82) is 0 Å². The number of hydrogen-bond donors (Lipinski definition) is 3. The summed E-state index contributed by atoms with van der Waals surface area (Å²) in [6.07, 6.45) is 0.978. The molecular weight excluding hydrogens is 396 g/mol. The van der Waals surface area contributed by atoms with Crippen molar-refractivity contribution < 1.29 is 24.5 Å². The van der Waals surface area contributed by atoms with Gasteiger partial charge >= 0.3 is 0 Å². The van der Waals surface area contributed by atoms with Crippen molar-refractivity contribution in [2.45, 2.75) is 44.0 Å². The average molecular weight is 427 g/mol. The number of aliphatic hydroxyl groups excluding tert-OH is 2. The molecule has 1 fully saturated rings. The van der Waals surface area contributed by atoms with Gasteiger partial charge in [-0.1, -0.05) is 12.1 Å². The minimum atomic E-state index is -0.605. The van der Waals surface area contributed by atoms with Crippen LogP contribution in [0.25, 0.3) is 0 Å². The maximum absolute atomic E-state index is 11.1. The van der Waals surface area contributed by atoms with Crippen molar-refractivity contribution in [2.75, 3.05) is 32.1 Å². The molecule has 31 heavy (non-hydrogen) atoms. The Bertz CT molecular complexity index is 922. The maximum Gasteiger partial charge on any atom is 0.221 e. The Morgan fingerprint density at radius 3 is 2.61 bits per heavy atom. The van der Waals surface area contributed by atoms with Gasteiger partial charge in [-0.05, 0) is 48.7 Å². The summed E-state index contributed by atoms with van der Waals surface area (Å²) in [5.74, 6) is 1.32. The summed E-state index contributed by atoms with van der Waals surface area (Å²) in [6, 6.07) is 12.9. The van der Waals surface area contributed by atoms with Gasteiger partial charge < -0.3 is 29.9 Å². The Balaban J connectivity index is 1.34. The van der Waals surface area contributed by atoms with E-state index in [1.54, 1.807) is 19.2 Å². The van der Waals surface area contributed by atoms with Crippen molar-refractivity contribution in [2.24, 2.45) is 0 Å².